The number of benzene rings is 1. The molecule has 5 nitrogen and oxygen atoms in total. The molecule has 0 aliphatic carbocycles. The average molecular weight is 286 g/mol. The van der Waals surface area contributed by atoms with Crippen molar-refractivity contribution in [3.05, 3.63) is 35.7 Å². The van der Waals surface area contributed by atoms with Gasteiger partial charge in [-0.3, -0.25) is 4.90 Å². The van der Waals surface area contributed by atoms with E-state index in [0.717, 1.165) is 37.6 Å². The SMILES string of the molecule is Cc1cccc(-c2nc(C(C)(C)N3CCNCC3)no2)c1. The van der Waals surface area contributed by atoms with E-state index in [-0.39, 0.29) is 5.54 Å². The largest absolute Gasteiger partial charge is 0.334 e. The van der Waals surface area contributed by atoms with Crippen molar-refractivity contribution >= 4 is 0 Å². The first-order valence-electron chi connectivity index (χ1n) is 7.44. The number of nitrogens with one attached hydrogen (secondary N) is 1. The second-order valence-electron chi connectivity index (χ2n) is 6.09. The first kappa shape index (κ1) is 14.2. The zero-order valence-corrected chi connectivity index (χ0v) is 12.9. The fourth-order valence-corrected chi connectivity index (χ4v) is 2.73. The van der Waals surface area contributed by atoms with Gasteiger partial charge in [0.2, 0.25) is 0 Å². The van der Waals surface area contributed by atoms with Crippen molar-refractivity contribution in [1.29, 1.82) is 0 Å². The van der Waals surface area contributed by atoms with Gasteiger partial charge in [0.15, 0.2) is 5.82 Å². The minimum Gasteiger partial charge on any atom is -0.334 e. The van der Waals surface area contributed by atoms with E-state index in [9.17, 15) is 0 Å². The molecule has 112 valence electrons. The molecule has 0 atom stereocenters. The maximum absolute atomic E-state index is 5.48. The molecule has 0 amide bonds. The molecule has 3 rings (SSSR count). The van der Waals surface area contributed by atoms with Crippen molar-refractivity contribution in [2.75, 3.05) is 26.2 Å². The van der Waals surface area contributed by atoms with Crippen molar-refractivity contribution < 1.29 is 4.52 Å². The van der Waals surface area contributed by atoms with Crippen molar-refractivity contribution in [3.63, 3.8) is 0 Å². The highest BCUT2D eigenvalue weighted by molar-refractivity contribution is 5.53. The predicted molar refractivity (Wildman–Crippen MR) is 81.9 cm³/mol. The van der Waals surface area contributed by atoms with Gasteiger partial charge in [0.1, 0.15) is 0 Å². The van der Waals surface area contributed by atoms with E-state index in [1.165, 1.54) is 5.56 Å². The van der Waals surface area contributed by atoms with Gasteiger partial charge in [0.05, 0.1) is 5.54 Å². The number of nitrogens with zero attached hydrogens (tertiary/aromatic N) is 3. The summed E-state index contributed by atoms with van der Waals surface area (Å²) in [6, 6.07) is 8.14. The molecule has 1 aromatic carbocycles. The Morgan fingerprint density at radius 2 is 2.00 bits per heavy atom. The zero-order chi connectivity index (χ0) is 14.9. The fourth-order valence-electron chi connectivity index (χ4n) is 2.73. The van der Waals surface area contributed by atoms with Crippen molar-refractivity contribution in [1.82, 2.24) is 20.4 Å². The smallest absolute Gasteiger partial charge is 0.257 e. The summed E-state index contributed by atoms with van der Waals surface area (Å²) >= 11 is 0. The van der Waals surface area contributed by atoms with Crippen molar-refractivity contribution in [2.45, 2.75) is 26.3 Å². The number of aromatic nitrogens is 2. The van der Waals surface area contributed by atoms with Crippen LogP contribution in [0.25, 0.3) is 11.5 Å². The van der Waals surface area contributed by atoms with E-state index >= 15 is 0 Å². The van der Waals surface area contributed by atoms with Gasteiger partial charge in [-0.1, -0.05) is 22.9 Å². The Hall–Kier alpha value is -1.72. The van der Waals surface area contributed by atoms with Crippen LogP contribution in [0.2, 0.25) is 0 Å². The summed E-state index contributed by atoms with van der Waals surface area (Å²) in [7, 11) is 0. The van der Waals surface area contributed by atoms with Crippen LogP contribution in [0.3, 0.4) is 0 Å². The molecule has 1 fully saturated rings. The monoisotopic (exact) mass is 286 g/mol. The van der Waals surface area contributed by atoms with Crippen LogP contribution in [0, 0.1) is 6.92 Å². The molecule has 0 radical (unpaired) electrons. The van der Waals surface area contributed by atoms with E-state index in [1.807, 2.05) is 12.1 Å². The molecule has 1 aliphatic heterocycles. The molecule has 0 unspecified atom stereocenters. The molecule has 0 saturated carbocycles. The van der Waals surface area contributed by atoms with Crippen LogP contribution in [0.5, 0.6) is 0 Å². The third-order valence-electron chi connectivity index (χ3n) is 4.15. The predicted octanol–water partition coefficient (Wildman–Crippen LogP) is 2.19. The van der Waals surface area contributed by atoms with Gasteiger partial charge in [-0.05, 0) is 32.9 Å². The normalized spacial score (nSPS) is 17.1. The van der Waals surface area contributed by atoms with Gasteiger partial charge >= 0.3 is 0 Å². The van der Waals surface area contributed by atoms with Crippen LogP contribution in [0.15, 0.2) is 28.8 Å². The number of rotatable bonds is 3. The van der Waals surface area contributed by atoms with E-state index in [0.29, 0.717) is 5.89 Å². The van der Waals surface area contributed by atoms with Gasteiger partial charge in [0.25, 0.3) is 5.89 Å². The van der Waals surface area contributed by atoms with E-state index in [2.05, 4.69) is 53.3 Å². The Kier molecular flexibility index (Phi) is 3.78. The third kappa shape index (κ3) is 2.84. The lowest BCUT2D eigenvalue weighted by Gasteiger charge is -2.38. The summed E-state index contributed by atoms with van der Waals surface area (Å²) in [5, 5.41) is 7.59. The van der Waals surface area contributed by atoms with Crippen LogP contribution in [-0.4, -0.2) is 41.2 Å². The molecule has 1 N–H and O–H groups in total. The van der Waals surface area contributed by atoms with Gasteiger partial charge < -0.3 is 9.84 Å². The summed E-state index contributed by atoms with van der Waals surface area (Å²) in [6.45, 7) is 10.4. The zero-order valence-electron chi connectivity index (χ0n) is 12.9. The lowest BCUT2D eigenvalue weighted by molar-refractivity contribution is 0.0925. The molecule has 1 saturated heterocycles. The second kappa shape index (κ2) is 5.58. The Morgan fingerprint density at radius 1 is 1.24 bits per heavy atom. The van der Waals surface area contributed by atoms with Crippen molar-refractivity contribution in [3.8, 4) is 11.5 Å². The highest BCUT2D eigenvalue weighted by Crippen LogP contribution is 2.28. The quantitative estimate of drug-likeness (QED) is 0.937. The molecular formula is C16H22N4O. The Bertz CT molecular complexity index is 614. The van der Waals surface area contributed by atoms with Crippen LogP contribution in [0.4, 0.5) is 0 Å². The molecule has 1 aliphatic rings. The second-order valence-corrected chi connectivity index (χ2v) is 6.09. The molecule has 2 heterocycles. The first-order chi connectivity index (χ1) is 10.1. The Labute approximate surface area is 125 Å². The molecule has 2 aromatic rings. The highest BCUT2D eigenvalue weighted by Gasteiger charge is 2.34. The van der Waals surface area contributed by atoms with Crippen LogP contribution in [0.1, 0.15) is 25.2 Å². The maximum Gasteiger partial charge on any atom is 0.257 e. The highest BCUT2D eigenvalue weighted by atomic mass is 16.5. The van der Waals surface area contributed by atoms with Crippen LogP contribution in [-0.2, 0) is 5.54 Å². The maximum atomic E-state index is 5.48. The lowest BCUT2D eigenvalue weighted by Crippen LogP contribution is -2.52. The van der Waals surface area contributed by atoms with Crippen molar-refractivity contribution in [2.24, 2.45) is 0 Å². The standard InChI is InChI=1S/C16H22N4O/c1-12-5-4-6-13(11-12)14-18-15(19-21-14)16(2,3)20-9-7-17-8-10-20/h4-6,11,17H,7-10H2,1-3H3. The first-order valence-corrected chi connectivity index (χ1v) is 7.44. The summed E-state index contributed by atoms with van der Waals surface area (Å²) < 4.78 is 5.48. The van der Waals surface area contributed by atoms with Gasteiger partial charge in [-0.2, -0.15) is 4.98 Å². The summed E-state index contributed by atoms with van der Waals surface area (Å²) in [6.07, 6.45) is 0. The molecule has 0 bridgehead atoms. The summed E-state index contributed by atoms with van der Waals surface area (Å²) in [5.41, 5.74) is 1.95. The number of piperazine rings is 1. The minimum absolute atomic E-state index is 0.215. The molecule has 0 spiro atoms. The Balaban J connectivity index is 1.86. The van der Waals surface area contributed by atoms with Crippen LogP contribution < -0.4 is 5.32 Å². The number of hydrogen-bond acceptors (Lipinski definition) is 5. The molecule has 5 heteroatoms. The fraction of sp³-hybridized carbons (Fsp3) is 0.500. The van der Waals surface area contributed by atoms with Gasteiger partial charge in [-0.15, -0.1) is 0 Å². The lowest BCUT2D eigenvalue weighted by atomic mass is 10.0. The van der Waals surface area contributed by atoms with Gasteiger partial charge in [-0.25, -0.2) is 0 Å². The Morgan fingerprint density at radius 3 is 2.71 bits per heavy atom. The molecule has 1 aromatic heterocycles. The average Bonchev–Trinajstić information content (AvgIpc) is 2.99. The molecule has 21 heavy (non-hydrogen) atoms. The number of hydrogen-bond donors (Lipinski definition) is 1. The van der Waals surface area contributed by atoms with E-state index in [4.69, 9.17) is 4.52 Å². The summed E-state index contributed by atoms with van der Waals surface area (Å²) in [5.74, 6) is 1.35. The third-order valence-corrected chi connectivity index (χ3v) is 4.15. The van der Waals surface area contributed by atoms with E-state index in [1.54, 1.807) is 0 Å². The van der Waals surface area contributed by atoms with Gasteiger partial charge in [0, 0.05) is 31.7 Å². The van der Waals surface area contributed by atoms with E-state index < -0.39 is 0 Å². The topological polar surface area (TPSA) is 54.2 Å². The number of aryl methyl sites for hydroxylation is 1. The van der Waals surface area contributed by atoms with Crippen LogP contribution >= 0.6 is 0 Å². The summed E-state index contributed by atoms with van der Waals surface area (Å²) in [4.78, 5) is 7.03. The molecular weight excluding hydrogens is 264 g/mol. The minimum atomic E-state index is -0.215.